The van der Waals surface area contributed by atoms with Gasteiger partial charge in [-0.25, -0.2) is 0 Å². The van der Waals surface area contributed by atoms with Gasteiger partial charge in [0.05, 0.1) is 7.11 Å². The zero-order valence-electron chi connectivity index (χ0n) is 17.1. The fraction of sp³-hybridized carbons (Fsp3) is 0.318. The second-order valence-corrected chi connectivity index (χ2v) is 7.50. The molecule has 0 fully saturated rings. The molecule has 1 amide bonds. The molecule has 0 radical (unpaired) electrons. The number of hydrogen-bond acceptors (Lipinski definition) is 6. The van der Waals surface area contributed by atoms with Gasteiger partial charge in [0.2, 0.25) is 11.7 Å². The van der Waals surface area contributed by atoms with Gasteiger partial charge in [0, 0.05) is 17.2 Å². The summed E-state index contributed by atoms with van der Waals surface area (Å²) in [4.78, 5) is 19.0. The first kappa shape index (κ1) is 20.4. The summed E-state index contributed by atoms with van der Waals surface area (Å²) in [5.74, 6) is 1.92. The first-order valence-electron chi connectivity index (χ1n) is 9.32. The van der Waals surface area contributed by atoms with Gasteiger partial charge in [-0.1, -0.05) is 41.6 Å². The maximum absolute atomic E-state index is 12.9. The van der Waals surface area contributed by atoms with Crippen LogP contribution < -0.4 is 9.47 Å². The molecule has 0 aliphatic carbocycles. The minimum absolute atomic E-state index is 0.107. The predicted octanol–water partition coefficient (Wildman–Crippen LogP) is 3.95. The summed E-state index contributed by atoms with van der Waals surface area (Å²) in [6, 6.07) is 16.7. The number of aromatic nitrogens is 2. The number of rotatable bonds is 7. The van der Waals surface area contributed by atoms with E-state index in [2.05, 4.69) is 10.1 Å². The fourth-order valence-electron chi connectivity index (χ4n) is 2.77. The Morgan fingerprint density at radius 2 is 1.79 bits per heavy atom. The lowest BCUT2D eigenvalue weighted by molar-refractivity contribution is -0.139. The minimum atomic E-state index is -0.448. The SMILES string of the molecule is COc1cccc(OCC(=O)N(Cc2nc(-c3ccccc3)no2)C(C)(C)C)c1. The van der Waals surface area contributed by atoms with E-state index in [1.807, 2.05) is 63.2 Å². The lowest BCUT2D eigenvalue weighted by Crippen LogP contribution is -2.47. The van der Waals surface area contributed by atoms with Crippen LogP contribution in [-0.2, 0) is 11.3 Å². The Hall–Kier alpha value is -3.35. The number of nitrogens with zero attached hydrogens (tertiary/aromatic N) is 3. The van der Waals surface area contributed by atoms with E-state index in [1.165, 1.54) is 0 Å². The van der Waals surface area contributed by atoms with Crippen LogP contribution in [0.3, 0.4) is 0 Å². The second-order valence-electron chi connectivity index (χ2n) is 7.50. The molecule has 0 spiro atoms. The number of carbonyl (C=O) groups excluding carboxylic acids is 1. The highest BCUT2D eigenvalue weighted by Crippen LogP contribution is 2.22. The molecule has 152 valence electrons. The molecule has 0 N–H and O–H groups in total. The second kappa shape index (κ2) is 8.77. The van der Waals surface area contributed by atoms with Crippen molar-refractivity contribution in [2.24, 2.45) is 0 Å². The van der Waals surface area contributed by atoms with E-state index in [9.17, 15) is 4.79 Å². The van der Waals surface area contributed by atoms with Crippen LogP contribution in [0.15, 0.2) is 59.1 Å². The summed E-state index contributed by atoms with van der Waals surface area (Å²) in [5, 5.41) is 4.02. The summed E-state index contributed by atoms with van der Waals surface area (Å²) in [7, 11) is 1.58. The molecule has 2 aromatic carbocycles. The normalized spacial score (nSPS) is 11.2. The molecule has 3 rings (SSSR count). The molecule has 0 saturated heterocycles. The zero-order chi connectivity index (χ0) is 20.9. The first-order chi connectivity index (χ1) is 13.9. The summed E-state index contributed by atoms with van der Waals surface area (Å²) in [6.07, 6.45) is 0. The monoisotopic (exact) mass is 395 g/mol. The van der Waals surface area contributed by atoms with Gasteiger partial charge in [0.15, 0.2) is 6.61 Å². The van der Waals surface area contributed by atoms with Crippen molar-refractivity contribution in [3.63, 3.8) is 0 Å². The summed E-state index contributed by atoms with van der Waals surface area (Å²) < 4.78 is 16.2. The van der Waals surface area contributed by atoms with Gasteiger partial charge in [-0.15, -0.1) is 0 Å². The van der Waals surface area contributed by atoms with Crippen LogP contribution in [0.2, 0.25) is 0 Å². The number of amides is 1. The number of carbonyl (C=O) groups is 1. The van der Waals surface area contributed by atoms with Crippen LogP contribution in [0.1, 0.15) is 26.7 Å². The predicted molar refractivity (Wildman–Crippen MR) is 109 cm³/mol. The third kappa shape index (κ3) is 5.34. The quantitative estimate of drug-likeness (QED) is 0.603. The molecule has 0 bridgehead atoms. The molecule has 7 nitrogen and oxygen atoms in total. The molecule has 1 aromatic heterocycles. The third-order valence-corrected chi connectivity index (χ3v) is 4.31. The molecular formula is C22H25N3O4. The Labute approximate surface area is 170 Å². The van der Waals surface area contributed by atoms with Gasteiger partial charge >= 0.3 is 0 Å². The number of methoxy groups -OCH3 is 1. The van der Waals surface area contributed by atoms with Crippen LogP contribution in [0, 0.1) is 0 Å². The van der Waals surface area contributed by atoms with Gasteiger partial charge < -0.3 is 18.9 Å². The minimum Gasteiger partial charge on any atom is -0.497 e. The van der Waals surface area contributed by atoms with E-state index in [4.69, 9.17) is 14.0 Å². The molecule has 7 heteroatoms. The van der Waals surface area contributed by atoms with Gasteiger partial charge in [-0.05, 0) is 32.9 Å². The zero-order valence-corrected chi connectivity index (χ0v) is 17.1. The molecule has 0 unspecified atom stereocenters. The lowest BCUT2D eigenvalue weighted by Gasteiger charge is -2.34. The van der Waals surface area contributed by atoms with Gasteiger partial charge in [-0.3, -0.25) is 4.79 Å². The lowest BCUT2D eigenvalue weighted by atomic mass is 10.1. The molecule has 0 saturated carbocycles. The standard InChI is InChI=1S/C22H25N3O4/c1-22(2,3)25(20(26)15-28-18-12-8-11-17(13-18)27-4)14-19-23-21(24-29-19)16-9-6-5-7-10-16/h5-13H,14-15H2,1-4H3. The smallest absolute Gasteiger partial charge is 0.261 e. The van der Waals surface area contributed by atoms with Crippen LogP contribution >= 0.6 is 0 Å². The van der Waals surface area contributed by atoms with Crippen LogP contribution in [0.25, 0.3) is 11.4 Å². The van der Waals surface area contributed by atoms with E-state index in [-0.39, 0.29) is 19.1 Å². The summed E-state index contributed by atoms with van der Waals surface area (Å²) in [6.45, 7) is 5.94. The number of ether oxygens (including phenoxy) is 2. The molecule has 3 aromatic rings. The van der Waals surface area contributed by atoms with Crippen molar-refractivity contribution in [2.45, 2.75) is 32.9 Å². The third-order valence-electron chi connectivity index (χ3n) is 4.31. The average molecular weight is 395 g/mol. The highest BCUT2D eigenvalue weighted by atomic mass is 16.5. The molecule has 1 heterocycles. The highest BCUT2D eigenvalue weighted by Gasteiger charge is 2.29. The van der Waals surface area contributed by atoms with Crippen molar-refractivity contribution in [1.82, 2.24) is 15.0 Å². The van der Waals surface area contributed by atoms with E-state index >= 15 is 0 Å². The molecule has 0 aliphatic heterocycles. The Bertz CT molecular complexity index is 948. The van der Waals surface area contributed by atoms with Gasteiger partial charge in [-0.2, -0.15) is 4.98 Å². The van der Waals surface area contributed by atoms with Crippen molar-refractivity contribution < 1.29 is 18.8 Å². The summed E-state index contributed by atoms with van der Waals surface area (Å²) in [5.41, 5.74) is 0.411. The first-order valence-corrected chi connectivity index (χ1v) is 9.32. The Kier molecular flexibility index (Phi) is 6.16. The van der Waals surface area contributed by atoms with Crippen LogP contribution in [0.4, 0.5) is 0 Å². The fourth-order valence-corrected chi connectivity index (χ4v) is 2.77. The van der Waals surface area contributed by atoms with Crippen molar-refractivity contribution >= 4 is 5.91 Å². The topological polar surface area (TPSA) is 77.7 Å². The molecular weight excluding hydrogens is 370 g/mol. The number of benzene rings is 2. The van der Waals surface area contributed by atoms with E-state index in [0.717, 1.165) is 5.56 Å². The Morgan fingerprint density at radius 3 is 2.48 bits per heavy atom. The Balaban J connectivity index is 1.69. The van der Waals surface area contributed by atoms with Crippen molar-refractivity contribution in [2.75, 3.05) is 13.7 Å². The van der Waals surface area contributed by atoms with Crippen molar-refractivity contribution in [1.29, 1.82) is 0 Å². The van der Waals surface area contributed by atoms with Gasteiger partial charge in [0.1, 0.15) is 18.0 Å². The van der Waals surface area contributed by atoms with E-state index < -0.39 is 5.54 Å². The van der Waals surface area contributed by atoms with Crippen LogP contribution in [-0.4, -0.2) is 40.2 Å². The Morgan fingerprint density at radius 1 is 1.07 bits per heavy atom. The van der Waals surface area contributed by atoms with Gasteiger partial charge in [0.25, 0.3) is 5.91 Å². The van der Waals surface area contributed by atoms with Crippen molar-refractivity contribution in [3.05, 3.63) is 60.5 Å². The van der Waals surface area contributed by atoms with E-state index in [0.29, 0.717) is 23.2 Å². The average Bonchev–Trinajstić information content (AvgIpc) is 3.19. The molecule has 0 aliphatic rings. The molecule has 29 heavy (non-hydrogen) atoms. The maximum Gasteiger partial charge on any atom is 0.261 e. The van der Waals surface area contributed by atoms with E-state index in [1.54, 1.807) is 24.1 Å². The summed E-state index contributed by atoms with van der Waals surface area (Å²) >= 11 is 0. The number of hydrogen-bond donors (Lipinski definition) is 0. The van der Waals surface area contributed by atoms with Crippen molar-refractivity contribution in [3.8, 4) is 22.9 Å². The maximum atomic E-state index is 12.9. The van der Waals surface area contributed by atoms with Crippen LogP contribution in [0.5, 0.6) is 11.5 Å². The largest absolute Gasteiger partial charge is 0.497 e. The molecule has 0 atom stereocenters. The highest BCUT2D eigenvalue weighted by molar-refractivity contribution is 5.78.